The van der Waals surface area contributed by atoms with Crippen LogP contribution in [0.4, 0.5) is 13.2 Å². The fourth-order valence-corrected chi connectivity index (χ4v) is 3.15. The van der Waals surface area contributed by atoms with Crippen LogP contribution < -0.4 is 5.32 Å². The predicted molar refractivity (Wildman–Crippen MR) is 60.1 cm³/mol. The molecule has 0 saturated heterocycles. The molecule has 0 bridgehead atoms. The van der Waals surface area contributed by atoms with Gasteiger partial charge in [-0.25, -0.2) is 8.42 Å². The van der Waals surface area contributed by atoms with Crippen LogP contribution in [0.5, 0.6) is 0 Å². The summed E-state index contributed by atoms with van der Waals surface area (Å²) in [4.78, 5) is 11.0. The van der Waals surface area contributed by atoms with Crippen molar-refractivity contribution in [3.63, 3.8) is 0 Å². The molecule has 0 aliphatic rings. The highest BCUT2D eigenvalue weighted by molar-refractivity contribution is 8.15. The van der Waals surface area contributed by atoms with E-state index in [2.05, 4.69) is 0 Å². The van der Waals surface area contributed by atoms with Gasteiger partial charge in [0.25, 0.3) is 9.05 Å². The summed E-state index contributed by atoms with van der Waals surface area (Å²) in [5.74, 6) is -2.02. The Morgan fingerprint density at radius 1 is 1.39 bits per heavy atom. The van der Waals surface area contributed by atoms with E-state index in [1.54, 1.807) is 5.32 Å². The van der Waals surface area contributed by atoms with Crippen LogP contribution in [-0.4, -0.2) is 27.0 Å². The van der Waals surface area contributed by atoms with Crippen molar-refractivity contribution in [2.75, 3.05) is 6.54 Å². The number of hydrogen-bond donors (Lipinski definition) is 1. The highest BCUT2D eigenvalue weighted by Crippen LogP contribution is 2.24. The second kappa shape index (κ2) is 5.45. The van der Waals surface area contributed by atoms with Crippen LogP contribution in [0.3, 0.4) is 0 Å². The summed E-state index contributed by atoms with van der Waals surface area (Å²) in [6.45, 7) is -0.235. The number of carbonyl (C=O) groups is 1. The molecule has 0 spiro atoms. The van der Waals surface area contributed by atoms with Gasteiger partial charge in [0, 0.05) is 22.1 Å². The third kappa shape index (κ3) is 4.46. The second-order valence-electron chi connectivity index (χ2n) is 3.16. The van der Waals surface area contributed by atoms with E-state index in [0.29, 0.717) is 4.88 Å². The molecule has 0 unspecified atom stereocenters. The number of halogens is 4. The lowest BCUT2D eigenvalue weighted by atomic mass is 10.3. The van der Waals surface area contributed by atoms with Crippen molar-refractivity contribution in [1.82, 2.24) is 5.32 Å². The van der Waals surface area contributed by atoms with Gasteiger partial charge in [-0.15, -0.1) is 11.3 Å². The number of carbonyl (C=O) groups excluding carboxylic acids is 1. The molecule has 0 radical (unpaired) electrons. The molecule has 18 heavy (non-hydrogen) atoms. The molecule has 10 heteroatoms. The maximum Gasteiger partial charge on any atom is 0.471 e. The van der Waals surface area contributed by atoms with Crippen molar-refractivity contribution in [1.29, 1.82) is 0 Å². The normalized spacial score (nSPS) is 12.4. The molecule has 1 rings (SSSR count). The number of alkyl halides is 3. The van der Waals surface area contributed by atoms with Crippen LogP contribution >= 0.6 is 22.0 Å². The first-order chi connectivity index (χ1) is 8.10. The molecular formula is C8H7ClF3NO3S2. The van der Waals surface area contributed by atoms with Gasteiger partial charge in [0.2, 0.25) is 0 Å². The number of amides is 1. The van der Waals surface area contributed by atoms with Gasteiger partial charge in [-0.3, -0.25) is 4.79 Å². The summed E-state index contributed by atoms with van der Waals surface area (Å²) in [6.07, 6.45) is -4.82. The van der Waals surface area contributed by atoms with Crippen molar-refractivity contribution in [2.24, 2.45) is 0 Å². The van der Waals surface area contributed by atoms with Crippen molar-refractivity contribution in [2.45, 2.75) is 16.8 Å². The van der Waals surface area contributed by atoms with E-state index in [1.165, 1.54) is 12.1 Å². The van der Waals surface area contributed by atoms with Gasteiger partial charge in [0.1, 0.15) is 4.21 Å². The van der Waals surface area contributed by atoms with Gasteiger partial charge in [0.05, 0.1) is 0 Å². The average Bonchev–Trinajstić information content (AvgIpc) is 2.64. The molecular weight excluding hydrogens is 315 g/mol. The molecule has 1 N–H and O–H groups in total. The molecule has 1 heterocycles. The van der Waals surface area contributed by atoms with Crippen molar-refractivity contribution in [3.05, 3.63) is 17.0 Å². The molecule has 1 amide bonds. The van der Waals surface area contributed by atoms with Crippen LogP contribution in [0.15, 0.2) is 16.3 Å². The molecule has 1 aromatic rings. The Balaban J connectivity index is 2.51. The van der Waals surface area contributed by atoms with Crippen molar-refractivity contribution < 1.29 is 26.4 Å². The molecule has 0 atom stereocenters. The van der Waals surface area contributed by atoms with Crippen LogP contribution in [0.1, 0.15) is 4.88 Å². The minimum atomic E-state index is -4.92. The Bertz CT molecular complexity index is 538. The van der Waals surface area contributed by atoms with E-state index in [4.69, 9.17) is 10.7 Å². The van der Waals surface area contributed by atoms with Crippen molar-refractivity contribution in [3.8, 4) is 0 Å². The lowest BCUT2D eigenvalue weighted by Crippen LogP contribution is -2.37. The minimum absolute atomic E-state index is 0.0821. The smallest absolute Gasteiger partial charge is 0.348 e. The molecule has 0 fully saturated rings. The zero-order valence-corrected chi connectivity index (χ0v) is 11.0. The van der Waals surface area contributed by atoms with E-state index in [9.17, 15) is 26.4 Å². The molecule has 1 aromatic heterocycles. The summed E-state index contributed by atoms with van der Waals surface area (Å²) in [6, 6.07) is 2.69. The number of thiophene rings is 1. The first-order valence-corrected chi connectivity index (χ1v) is 7.61. The topological polar surface area (TPSA) is 63.2 Å². The lowest BCUT2D eigenvalue weighted by molar-refractivity contribution is -0.173. The monoisotopic (exact) mass is 321 g/mol. The molecule has 4 nitrogen and oxygen atoms in total. The fraction of sp³-hybridized carbons (Fsp3) is 0.375. The summed E-state index contributed by atoms with van der Waals surface area (Å²) in [5, 5.41) is 1.68. The Kier molecular flexibility index (Phi) is 4.62. The van der Waals surface area contributed by atoms with Crippen LogP contribution in [0.25, 0.3) is 0 Å². The summed E-state index contributed by atoms with van der Waals surface area (Å²) >= 11 is 0.847. The molecule has 0 aliphatic carbocycles. The molecule has 0 saturated carbocycles. The van der Waals surface area contributed by atoms with Gasteiger partial charge in [-0.1, -0.05) is 0 Å². The van der Waals surface area contributed by atoms with Crippen LogP contribution in [0.2, 0.25) is 0 Å². The first-order valence-electron chi connectivity index (χ1n) is 4.49. The van der Waals surface area contributed by atoms with Gasteiger partial charge >= 0.3 is 12.1 Å². The highest BCUT2D eigenvalue weighted by Gasteiger charge is 2.38. The van der Waals surface area contributed by atoms with E-state index in [0.717, 1.165) is 11.3 Å². The largest absolute Gasteiger partial charge is 0.471 e. The number of hydrogen-bond acceptors (Lipinski definition) is 4. The van der Waals surface area contributed by atoms with Gasteiger partial charge in [0.15, 0.2) is 0 Å². The third-order valence-corrected chi connectivity index (χ3v) is 5.03. The first kappa shape index (κ1) is 15.3. The van der Waals surface area contributed by atoms with Gasteiger partial charge in [-0.2, -0.15) is 13.2 Å². The van der Waals surface area contributed by atoms with E-state index < -0.39 is 21.1 Å². The van der Waals surface area contributed by atoms with Crippen LogP contribution in [0, 0.1) is 0 Å². The lowest BCUT2D eigenvalue weighted by Gasteiger charge is -2.06. The zero-order chi connectivity index (χ0) is 14.0. The zero-order valence-electron chi connectivity index (χ0n) is 8.62. The van der Waals surface area contributed by atoms with Crippen molar-refractivity contribution >= 4 is 37.0 Å². The Labute approximate surface area is 109 Å². The van der Waals surface area contributed by atoms with Crippen LogP contribution in [-0.2, 0) is 20.3 Å². The summed E-state index contributed by atoms with van der Waals surface area (Å²) < 4.78 is 57.2. The minimum Gasteiger partial charge on any atom is -0.348 e. The summed E-state index contributed by atoms with van der Waals surface area (Å²) in [7, 11) is 1.26. The quantitative estimate of drug-likeness (QED) is 0.861. The molecule has 0 aliphatic heterocycles. The maximum atomic E-state index is 11.8. The Morgan fingerprint density at radius 3 is 2.44 bits per heavy atom. The maximum absolute atomic E-state index is 11.8. The van der Waals surface area contributed by atoms with Gasteiger partial charge < -0.3 is 5.32 Å². The Morgan fingerprint density at radius 2 is 2.00 bits per heavy atom. The molecule has 102 valence electrons. The molecule has 0 aromatic carbocycles. The standard InChI is InChI=1S/C8H7ClF3NO3S2/c9-18(15,16)6-2-1-5(17-6)3-4-13-7(14)8(10,11)12/h1-2H,3-4H2,(H,13,14). The highest BCUT2D eigenvalue weighted by atomic mass is 35.7. The number of rotatable bonds is 4. The number of nitrogens with one attached hydrogen (secondary N) is 1. The third-order valence-electron chi connectivity index (χ3n) is 1.79. The Hall–Kier alpha value is -0.800. The SMILES string of the molecule is O=C(NCCc1ccc(S(=O)(=O)Cl)s1)C(F)(F)F. The van der Waals surface area contributed by atoms with E-state index in [1.807, 2.05) is 0 Å². The fourth-order valence-electron chi connectivity index (χ4n) is 1.02. The average molecular weight is 322 g/mol. The van der Waals surface area contributed by atoms with E-state index in [-0.39, 0.29) is 17.2 Å². The van der Waals surface area contributed by atoms with E-state index >= 15 is 0 Å². The second-order valence-corrected chi connectivity index (χ2v) is 7.12. The van der Waals surface area contributed by atoms with Gasteiger partial charge in [-0.05, 0) is 18.6 Å². The predicted octanol–water partition coefficient (Wildman–Crippen LogP) is 1.90. The summed E-state index contributed by atoms with van der Waals surface area (Å²) in [5.41, 5.74) is 0.